The van der Waals surface area contributed by atoms with Gasteiger partial charge in [0.15, 0.2) is 0 Å². The topological polar surface area (TPSA) is 33.2 Å². The van der Waals surface area contributed by atoms with Gasteiger partial charge in [0, 0.05) is 35.4 Å². The van der Waals surface area contributed by atoms with Crippen LogP contribution in [0.4, 0.5) is 0 Å². The molecule has 0 saturated carbocycles. The molecule has 0 fully saturated rings. The molecule has 4 heteroatoms. The number of aromatic nitrogens is 1. The van der Waals surface area contributed by atoms with Crippen molar-refractivity contribution in [2.75, 3.05) is 11.9 Å². The molecule has 18 heavy (non-hydrogen) atoms. The molecule has 0 aliphatic carbocycles. The van der Waals surface area contributed by atoms with E-state index in [1.807, 2.05) is 17.9 Å². The molecule has 0 atom stereocenters. The molecule has 0 aromatic carbocycles. The van der Waals surface area contributed by atoms with Crippen molar-refractivity contribution in [3.05, 3.63) is 29.6 Å². The van der Waals surface area contributed by atoms with Crippen LogP contribution in [0.25, 0.3) is 0 Å². The number of carbonyl (C=O) groups excluding carboxylic acids is 1. The maximum atomic E-state index is 12.5. The number of aryl methyl sites for hydroxylation is 1. The van der Waals surface area contributed by atoms with Crippen LogP contribution in [0.3, 0.4) is 0 Å². The third kappa shape index (κ3) is 3.80. The van der Waals surface area contributed by atoms with Gasteiger partial charge < -0.3 is 4.90 Å². The van der Waals surface area contributed by atoms with Crippen molar-refractivity contribution in [2.45, 2.75) is 39.7 Å². The molecule has 0 unspecified atom stereocenters. The van der Waals surface area contributed by atoms with Gasteiger partial charge in [0.2, 0.25) is 0 Å². The molecule has 0 spiro atoms. The average molecular weight is 313 g/mol. The van der Waals surface area contributed by atoms with E-state index in [4.69, 9.17) is 0 Å². The summed E-state index contributed by atoms with van der Waals surface area (Å²) in [6.45, 7) is 6.90. The highest BCUT2D eigenvalue weighted by molar-refractivity contribution is 9.09. The smallest absolute Gasteiger partial charge is 0.254 e. The summed E-state index contributed by atoms with van der Waals surface area (Å²) in [4.78, 5) is 18.6. The largest absolute Gasteiger partial charge is 0.335 e. The van der Waals surface area contributed by atoms with E-state index < -0.39 is 0 Å². The Morgan fingerprint density at radius 3 is 2.61 bits per heavy atom. The summed E-state index contributed by atoms with van der Waals surface area (Å²) in [5.41, 5.74) is 1.61. The molecule has 0 aliphatic heterocycles. The zero-order valence-corrected chi connectivity index (χ0v) is 12.9. The predicted octanol–water partition coefficient (Wildman–Crippen LogP) is 3.42. The normalized spacial score (nSPS) is 10.7. The average Bonchev–Trinajstić information content (AvgIpc) is 2.38. The molecule has 1 aromatic rings. The van der Waals surface area contributed by atoms with Crippen LogP contribution in [0.2, 0.25) is 0 Å². The fourth-order valence-corrected chi connectivity index (χ4v) is 2.50. The zero-order valence-electron chi connectivity index (χ0n) is 11.3. The summed E-state index contributed by atoms with van der Waals surface area (Å²) < 4.78 is 0. The van der Waals surface area contributed by atoms with Crippen LogP contribution in [-0.4, -0.2) is 33.7 Å². The van der Waals surface area contributed by atoms with Gasteiger partial charge in [-0.05, 0) is 31.9 Å². The number of pyridine rings is 1. The lowest BCUT2D eigenvalue weighted by molar-refractivity contribution is 0.0682. The Morgan fingerprint density at radius 1 is 1.44 bits per heavy atom. The summed E-state index contributed by atoms with van der Waals surface area (Å²) in [5.74, 6) is 0.105. The Morgan fingerprint density at radius 2 is 2.11 bits per heavy atom. The van der Waals surface area contributed by atoms with Crippen molar-refractivity contribution in [1.29, 1.82) is 0 Å². The Kier molecular flexibility index (Phi) is 6.33. The second kappa shape index (κ2) is 7.52. The molecule has 0 bridgehead atoms. The SMILES string of the molecule is CCC(CC)N(CCBr)C(=O)c1ccnc(C)c1. The number of carbonyl (C=O) groups is 1. The Bertz CT molecular complexity index is 391. The van der Waals surface area contributed by atoms with Crippen molar-refractivity contribution in [1.82, 2.24) is 9.88 Å². The number of rotatable bonds is 6. The first-order valence-corrected chi connectivity index (χ1v) is 7.55. The molecule has 1 rings (SSSR count). The van der Waals surface area contributed by atoms with Crippen LogP contribution in [0.5, 0.6) is 0 Å². The van der Waals surface area contributed by atoms with Crippen LogP contribution in [0, 0.1) is 6.92 Å². The number of nitrogens with zero attached hydrogens (tertiary/aromatic N) is 2. The number of hydrogen-bond acceptors (Lipinski definition) is 2. The summed E-state index contributed by atoms with van der Waals surface area (Å²) in [7, 11) is 0. The number of alkyl halides is 1. The van der Waals surface area contributed by atoms with Gasteiger partial charge in [0.25, 0.3) is 5.91 Å². The molecule has 100 valence electrons. The minimum Gasteiger partial charge on any atom is -0.335 e. The van der Waals surface area contributed by atoms with Gasteiger partial charge in [0.1, 0.15) is 0 Å². The highest BCUT2D eigenvalue weighted by atomic mass is 79.9. The van der Waals surface area contributed by atoms with Gasteiger partial charge in [0.05, 0.1) is 0 Å². The molecular weight excluding hydrogens is 292 g/mol. The van der Waals surface area contributed by atoms with Crippen LogP contribution < -0.4 is 0 Å². The Labute approximate surface area is 118 Å². The third-order valence-electron chi connectivity index (χ3n) is 3.11. The van der Waals surface area contributed by atoms with E-state index in [2.05, 4.69) is 34.8 Å². The third-order valence-corrected chi connectivity index (χ3v) is 3.47. The van der Waals surface area contributed by atoms with Crippen molar-refractivity contribution < 1.29 is 4.79 Å². The first-order valence-electron chi connectivity index (χ1n) is 6.43. The molecule has 1 aromatic heterocycles. The summed E-state index contributed by atoms with van der Waals surface area (Å²) in [6.07, 6.45) is 3.67. The summed E-state index contributed by atoms with van der Waals surface area (Å²) >= 11 is 3.43. The fraction of sp³-hybridized carbons (Fsp3) is 0.571. The van der Waals surface area contributed by atoms with Crippen molar-refractivity contribution in [3.8, 4) is 0 Å². The Hall–Kier alpha value is -0.900. The van der Waals surface area contributed by atoms with E-state index in [1.54, 1.807) is 12.3 Å². The molecular formula is C14H21BrN2O. The van der Waals surface area contributed by atoms with Gasteiger partial charge in [-0.3, -0.25) is 9.78 Å². The first-order chi connectivity index (χ1) is 8.63. The minimum absolute atomic E-state index is 0.105. The van der Waals surface area contributed by atoms with Gasteiger partial charge in [-0.1, -0.05) is 29.8 Å². The lowest BCUT2D eigenvalue weighted by Crippen LogP contribution is -2.41. The lowest BCUT2D eigenvalue weighted by Gasteiger charge is -2.30. The standard InChI is InChI=1S/C14H21BrN2O/c1-4-13(5-2)17(9-7-15)14(18)12-6-8-16-11(3)10-12/h6,8,10,13H,4-5,7,9H2,1-3H3. The van der Waals surface area contributed by atoms with Crippen LogP contribution in [-0.2, 0) is 0 Å². The van der Waals surface area contributed by atoms with Crippen molar-refractivity contribution in [3.63, 3.8) is 0 Å². The summed E-state index contributed by atoms with van der Waals surface area (Å²) in [5, 5.41) is 0.805. The van der Waals surface area contributed by atoms with Crippen LogP contribution in [0.15, 0.2) is 18.3 Å². The van der Waals surface area contributed by atoms with E-state index in [1.165, 1.54) is 0 Å². The number of halogens is 1. The summed E-state index contributed by atoms with van der Waals surface area (Å²) in [6, 6.07) is 3.95. The van der Waals surface area contributed by atoms with Gasteiger partial charge in [-0.15, -0.1) is 0 Å². The molecule has 1 amide bonds. The van der Waals surface area contributed by atoms with E-state index in [-0.39, 0.29) is 5.91 Å². The maximum absolute atomic E-state index is 12.5. The van der Waals surface area contributed by atoms with Crippen LogP contribution in [0.1, 0.15) is 42.7 Å². The van der Waals surface area contributed by atoms with E-state index >= 15 is 0 Å². The number of hydrogen-bond donors (Lipinski definition) is 0. The molecule has 0 saturated heterocycles. The molecule has 0 N–H and O–H groups in total. The van der Waals surface area contributed by atoms with E-state index in [0.29, 0.717) is 6.04 Å². The zero-order chi connectivity index (χ0) is 13.5. The van der Waals surface area contributed by atoms with Crippen LogP contribution >= 0.6 is 15.9 Å². The first kappa shape index (κ1) is 15.2. The highest BCUT2D eigenvalue weighted by Crippen LogP contribution is 2.14. The van der Waals surface area contributed by atoms with Crippen molar-refractivity contribution in [2.24, 2.45) is 0 Å². The second-order valence-corrected chi connectivity index (χ2v) is 5.14. The lowest BCUT2D eigenvalue weighted by atomic mass is 10.1. The minimum atomic E-state index is 0.105. The molecule has 3 nitrogen and oxygen atoms in total. The molecule has 0 radical (unpaired) electrons. The quantitative estimate of drug-likeness (QED) is 0.754. The maximum Gasteiger partial charge on any atom is 0.254 e. The monoisotopic (exact) mass is 312 g/mol. The number of amides is 1. The molecule has 1 heterocycles. The Balaban J connectivity index is 2.95. The van der Waals surface area contributed by atoms with E-state index in [9.17, 15) is 4.79 Å². The molecule has 0 aliphatic rings. The highest BCUT2D eigenvalue weighted by Gasteiger charge is 2.21. The van der Waals surface area contributed by atoms with Crippen molar-refractivity contribution >= 4 is 21.8 Å². The van der Waals surface area contributed by atoms with Gasteiger partial charge >= 0.3 is 0 Å². The van der Waals surface area contributed by atoms with E-state index in [0.717, 1.165) is 36.0 Å². The van der Waals surface area contributed by atoms with Gasteiger partial charge in [-0.25, -0.2) is 0 Å². The second-order valence-electron chi connectivity index (χ2n) is 4.34. The van der Waals surface area contributed by atoms with Gasteiger partial charge in [-0.2, -0.15) is 0 Å². The predicted molar refractivity (Wildman–Crippen MR) is 78.2 cm³/mol. The fourth-order valence-electron chi connectivity index (χ4n) is 2.11.